The Kier molecular flexibility index (Phi) is 2.68. The summed E-state index contributed by atoms with van der Waals surface area (Å²) < 4.78 is 43.6. The van der Waals surface area contributed by atoms with E-state index in [4.69, 9.17) is 4.74 Å². The van der Waals surface area contributed by atoms with Gasteiger partial charge in [0.15, 0.2) is 0 Å². The van der Waals surface area contributed by atoms with Crippen LogP contribution in [0.5, 0.6) is 0 Å². The van der Waals surface area contributed by atoms with Crippen molar-refractivity contribution in [3.05, 3.63) is 18.0 Å². The van der Waals surface area contributed by atoms with Crippen molar-refractivity contribution in [2.45, 2.75) is 31.7 Å². The van der Waals surface area contributed by atoms with Crippen LogP contribution in [0.25, 0.3) is 0 Å². The number of aromatic nitrogens is 2. The second-order valence-corrected chi connectivity index (χ2v) is 3.53. The highest BCUT2D eigenvalue weighted by Crippen LogP contribution is 2.29. The third-order valence-electron chi connectivity index (χ3n) is 2.41. The first-order chi connectivity index (χ1) is 7.07. The summed E-state index contributed by atoms with van der Waals surface area (Å²) in [6.07, 6.45) is -1.59. The van der Waals surface area contributed by atoms with Crippen molar-refractivity contribution in [3.8, 4) is 0 Å². The Morgan fingerprint density at radius 3 is 2.93 bits per heavy atom. The minimum absolute atomic E-state index is 0.133. The Bertz CT molecular complexity index is 328. The summed E-state index contributed by atoms with van der Waals surface area (Å²) in [5, 5.41) is 3.66. The second kappa shape index (κ2) is 3.84. The largest absolute Gasteiger partial charge is 0.433 e. The molecule has 0 spiro atoms. The van der Waals surface area contributed by atoms with Crippen molar-refractivity contribution in [1.29, 1.82) is 0 Å². The van der Waals surface area contributed by atoms with Gasteiger partial charge in [-0.3, -0.25) is 4.68 Å². The SMILES string of the molecule is FC(F)(F)c1ccnn1C[C@@H]1CCCO1. The van der Waals surface area contributed by atoms with Gasteiger partial charge in [0, 0.05) is 12.8 Å². The molecule has 0 radical (unpaired) electrons. The third-order valence-corrected chi connectivity index (χ3v) is 2.41. The number of ether oxygens (including phenoxy) is 1. The molecular weight excluding hydrogens is 209 g/mol. The predicted molar refractivity (Wildman–Crippen MR) is 46.2 cm³/mol. The fraction of sp³-hybridized carbons (Fsp3) is 0.667. The van der Waals surface area contributed by atoms with Gasteiger partial charge in [-0.1, -0.05) is 0 Å². The number of nitrogens with zero attached hydrogens (tertiary/aromatic N) is 2. The maximum atomic E-state index is 12.5. The third kappa shape index (κ3) is 2.31. The topological polar surface area (TPSA) is 27.1 Å². The first-order valence-corrected chi connectivity index (χ1v) is 4.78. The van der Waals surface area contributed by atoms with E-state index >= 15 is 0 Å². The van der Waals surface area contributed by atoms with Crippen LogP contribution in [0, 0.1) is 0 Å². The number of rotatable bonds is 2. The molecular formula is C9H11F3N2O. The van der Waals surface area contributed by atoms with Gasteiger partial charge < -0.3 is 4.74 Å². The van der Waals surface area contributed by atoms with E-state index in [9.17, 15) is 13.2 Å². The Balaban J connectivity index is 2.11. The van der Waals surface area contributed by atoms with Crippen molar-refractivity contribution in [3.63, 3.8) is 0 Å². The summed E-state index contributed by atoms with van der Waals surface area (Å²) in [5.41, 5.74) is -0.710. The van der Waals surface area contributed by atoms with Crippen LogP contribution in [-0.4, -0.2) is 22.5 Å². The average Bonchev–Trinajstić information content (AvgIpc) is 2.73. The highest BCUT2D eigenvalue weighted by atomic mass is 19.4. The predicted octanol–water partition coefficient (Wildman–Crippen LogP) is 2.08. The quantitative estimate of drug-likeness (QED) is 0.763. The minimum Gasteiger partial charge on any atom is -0.376 e. The van der Waals surface area contributed by atoms with Gasteiger partial charge in [-0.15, -0.1) is 0 Å². The summed E-state index contributed by atoms with van der Waals surface area (Å²) in [6, 6.07) is 0.981. The fourth-order valence-electron chi connectivity index (χ4n) is 1.70. The Labute approximate surface area is 84.8 Å². The summed E-state index contributed by atoms with van der Waals surface area (Å²) in [5.74, 6) is 0. The lowest BCUT2D eigenvalue weighted by Gasteiger charge is -2.13. The number of alkyl halides is 3. The molecule has 1 fully saturated rings. The lowest BCUT2D eigenvalue weighted by atomic mass is 10.2. The number of hydrogen-bond acceptors (Lipinski definition) is 2. The smallest absolute Gasteiger partial charge is 0.376 e. The fourth-order valence-corrected chi connectivity index (χ4v) is 1.70. The van der Waals surface area contributed by atoms with Crippen LogP contribution in [-0.2, 0) is 17.5 Å². The molecule has 1 atom stereocenters. The molecule has 1 aromatic heterocycles. The molecule has 1 aliphatic rings. The van der Waals surface area contributed by atoms with Crippen molar-refractivity contribution in [2.75, 3.05) is 6.61 Å². The second-order valence-electron chi connectivity index (χ2n) is 3.53. The molecule has 0 N–H and O–H groups in total. The number of halogens is 3. The molecule has 2 rings (SSSR count). The maximum Gasteiger partial charge on any atom is 0.433 e. The van der Waals surface area contributed by atoms with Gasteiger partial charge in [0.1, 0.15) is 5.69 Å². The normalized spacial score (nSPS) is 22.2. The van der Waals surface area contributed by atoms with Crippen LogP contribution in [0.3, 0.4) is 0 Å². The van der Waals surface area contributed by atoms with Gasteiger partial charge in [0.25, 0.3) is 0 Å². The van der Waals surface area contributed by atoms with Crippen LogP contribution in [0.4, 0.5) is 13.2 Å². The molecule has 15 heavy (non-hydrogen) atoms. The van der Waals surface area contributed by atoms with Crippen LogP contribution in [0.1, 0.15) is 18.5 Å². The van der Waals surface area contributed by atoms with E-state index in [1.165, 1.54) is 0 Å². The Hall–Kier alpha value is -1.04. The Morgan fingerprint density at radius 2 is 2.33 bits per heavy atom. The molecule has 6 heteroatoms. The van der Waals surface area contributed by atoms with Gasteiger partial charge in [-0.25, -0.2) is 0 Å². The highest BCUT2D eigenvalue weighted by molar-refractivity contribution is 5.05. The molecule has 84 valence electrons. The molecule has 0 unspecified atom stereocenters. The van der Waals surface area contributed by atoms with Crippen LogP contribution >= 0.6 is 0 Å². The van der Waals surface area contributed by atoms with E-state index in [1.54, 1.807) is 0 Å². The van der Waals surface area contributed by atoms with E-state index in [0.717, 1.165) is 29.8 Å². The van der Waals surface area contributed by atoms with Crippen molar-refractivity contribution < 1.29 is 17.9 Å². The van der Waals surface area contributed by atoms with E-state index in [-0.39, 0.29) is 12.6 Å². The molecule has 0 aliphatic carbocycles. The van der Waals surface area contributed by atoms with Crippen LogP contribution < -0.4 is 0 Å². The molecule has 1 saturated heterocycles. The summed E-state index contributed by atoms with van der Waals surface area (Å²) in [4.78, 5) is 0. The molecule has 3 nitrogen and oxygen atoms in total. The zero-order valence-corrected chi connectivity index (χ0v) is 8.00. The molecule has 0 saturated carbocycles. The van der Waals surface area contributed by atoms with Crippen molar-refractivity contribution in [2.24, 2.45) is 0 Å². The zero-order chi connectivity index (χ0) is 10.9. The lowest BCUT2D eigenvalue weighted by Crippen LogP contribution is -2.21. The zero-order valence-electron chi connectivity index (χ0n) is 8.00. The molecule has 2 heterocycles. The molecule has 0 aromatic carbocycles. The molecule has 1 aromatic rings. The van der Waals surface area contributed by atoms with Crippen LogP contribution in [0.15, 0.2) is 12.3 Å². The van der Waals surface area contributed by atoms with E-state index in [1.807, 2.05) is 0 Å². The summed E-state index contributed by atoms with van der Waals surface area (Å²) >= 11 is 0. The van der Waals surface area contributed by atoms with E-state index in [0.29, 0.717) is 6.61 Å². The molecule has 1 aliphatic heterocycles. The van der Waals surface area contributed by atoms with Gasteiger partial charge in [0.2, 0.25) is 0 Å². The summed E-state index contributed by atoms with van der Waals surface area (Å²) in [6.45, 7) is 0.815. The lowest BCUT2D eigenvalue weighted by molar-refractivity contribution is -0.144. The highest BCUT2D eigenvalue weighted by Gasteiger charge is 2.35. The van der Waals surface area contributed by atoms with E-state index < -0.39 is 11.9 Å². The summed E-state index contributed by atoms with van der Waals surface area (Å²) in [7, 11) is 0. The Morgan fingerprint density at radius 1 is 1.53 bits per heavy atom. The first-order valence-electron chi connectivity index (χ1n) is 4.78. The van der Waals surface area contributed by atoms with E-state index in [2.05, 4.69) is 5.10 Å². The minimum atomic E-state index is -4.34. The van der Waals surface area contributed by atoms with Gasteiger partial charge >= 0.3 is 6.18 Å². The van der Waals surface area contributed by atoms with Gasteiger partial charge in [-0.05, 0) is 18.9 Å². The average molecular weight is 220 g/mol. The molecule has 0 bridgehead atoms. The monoisotopic (exact) mass is 220 g/mol. The molecule has 0 amide bonds. The van der Waals surface area contributed by atoms with Crippen molar-refractivity contribution in [1.82, 2.24) is 9.78 Å². The van der Waals surface area contributed by atoms with Crippen LogP contribution in [0.2, 0.25) is 0 Å². The van der Waals surface area contributed by atoms with Gasteiger partial charge in [-0.2, -0.15) is 18.3 Å². The maximum absolute atomic E-state index is 12.5. The first kappa shape index (κ1) is 10.5. The van der Waals surface area contributed by atoms with Gasteiger partial charge in [0.05, 0.1) is 12.6 Å². The van der Waals surface area contributed by atoms with Crippen molar-refractivity contribution >= 4 is 0 Å². The number of hydrogen-bond donors (Lipinski definition) is 0. The standard InChI is InChI=1S/C9H11F3N2O/c10-9(11,12)8-3-4-13-14(8)6-7-2-1-5-15-7/h3-4,7H,1-2,5-6H2/t7-/m0/s1.